The van der Waals surface area contributed by atoms with Crippen LogP contribution in [0.2, 0.25) is 0 Å². The van der Waals surface area contributed by atoms with Crippen LogP contribution in [0.3, 0.4) is 0 Å². The number of carbonyl (C=O) groups is 2. The number of ether oxygens (including phenoxy) is 1. The number of methoxy groups -OCH3 is 1. The van der Waals surface area contributed by atoms with Crippen molar-refractivity contribution in [2.24, 2.45) is 0 Å². The minimum atomic E-state index is -0.0520. The Balaban J connectivity index is 1.40. The van der Waals surface area contributed by atoms with Crippen LogP contribution < -0.4 is 5.32 Å². The Bertz CT molecular complexity index is 661. The standard InChI is InChI=1S/C22H34N4O3/c1-24-13-15-26(16-14-24)21(27)9-6-11-25-12-10-19(20(17-25)29-2)23-22(28)18-7-4-3-5-8-18/h3-5,7-8,19-20H,6,9-17H2,1-2H3,(H,23,28). The molecule has 1 N–H and O–H groups in total. The summed E-state index contributed by atoms with van der Waals surface area (Å²) in [5.74, 6) is 0.218. The molecule has 3 rings (SSSR count). The SMILES string of the molecule is COC1CN(CCCC(=O)N2CCN(C)CC2)CCC1NC(=O)c1ccccc1. The highest BCUT2D eigenvalue weighted by Crippen LogP contribution is 2.16. The number of carbonyl (C=O) groups excluding carboxylic acids is 2. The lowest BCUT2D eigenvalue weighted by atomic mass is 10.0. The molecule has 2 saturated heterocycles. The van der Waals surface area contributed by atoms with Gasteiger partial charge in [0.1, 0.15) is 0 Å². The highest BCUT2D eigenvalue weighted by molar-refractivity contribution is 5.94. The van der Waals surface area contributed by atoms with E-state index >= 15 is 0 Å². The Hall–Kier alpha value is -1.96. The Labute approximate surface area is 174 Å². The van der Waals surface area contributed by atoms with Crippen molar-refractivity contribution in [1.29, 1.82) is 0 Å². The minimum absolute atomic E-state index is 0.0101. The lowest BCUT2D eigenvalue weighted by molar-refractivity contribution is -0.133. The van der Waals surface area contributed by atoms with Gasteiger partial charge >= 0.3 is 0 Å². The van der Waals surface area contributed by atoms with Gasteiger partial charge in [0.15, 0.2) is 0 Å². The van der Waals surface area contributed by atoms with Crippen LogP contribution in [0, 0.1) is 0 Å². The van der Waals surface area contributed by atoms with E-state index in [0.717, 1.165) is 58.7 Å². The fourth-order valence-corrected chi connectivity index (χ4v) is 4.10. The average Bonchev–Trinajstić information content (AvgIpc) is 2.75. The van der Waals surface area contributed by atoms with Gasteiger partial charge in [-0.3, -0.25) is 9.59 Å². The van der Waals surface area contributed by atoms with E-state index in [2.05, 4.69) is 22.2 Å². The predicted octanol–water partition coefficient (Wildman–Crippen LogP) is 1.06. The molecule has 0 aliphatic carbocycles. The molecule has 0 bridgehead atoms. The molecule has 2 aliphatic heterocycles. The fourth-order valence-electron chi connectivity index (χ4n) is 4.10. The number of piperazine rings is 1. The second-order valence-corrected chi connectivity index (χ2v) is 8.10. The molecule has 160 valence electrons. The van der Waals surface area contributed by atoms with Crippen molar-refractivity contribution >= 4 is 11.8 Å². The molecule has 0 aromatic heterocycles. The van der Waals surface area contributed by atoms with E-state index < -0.39 is 0 Å². The van der Waals surface area contributed by atoms with Gasteiger partial charge in [0, 0.05) is 58.4 Å². The number of benzene rings is 1. The van der Waals surface area contributed by atoms with Gasteiger partial charge in [0.25, 0.3) is 5.91 Å². The molecular formula is C22H34N4O3. The van der Waals surface area contributed by atoms with E-state index in [1.807, 2.05) is 35.2 Å². The number of piperidine rings is 1. The van der Waals surface area contributed by atoms with Crippen molar-refractivity contribution in [2.75, 3.05) is 60.0 Å². The van der Waals surface area contributed by atoms with E-state index in [9.17, 15) is 9.59 Å². The molecule has 0 radical (unpaired) electrons. The highest BCUT2D eigenvalue weighted by Gasteiger charge is 2.30. The second kappa shape index (κ2) is 10.7. The first kappa shape index (κ1) is 21.7. The summed E-state index contributed by atoms with van der Waals surface area (Å²) in [5, 5.41) is 3.12. The van der Waals surface area contributed by atoms with Crippen LogP contribution in [-0.4, -0.2) is 98.6 Å². The molecule has 0 spiro atoms. The fraction of sp³-hybridized carbons (Fsp3) is 0.636. The molecular weight excluding hydrogens is 368 g/mol. The molecule has 7 heteroatoms. The first-order valence-corrected chi connectivity index (χ1v) is 10.6. The van der Waals surface area contributed by atoms with Gasteiger partial charge < -0.3 is 24.8 Å². The van der Waals surface area contributed by atoms with Crippen molar-refractivity contribution in [3.8, 4) is 0 Å². The van der Waals surface area contributed by atoms with Gasteiger partial charge in [-0.2, -0.15) is 0 Å². The Morgan fingerprint density at radius 2 is 1.83 bits per heavy atom. The lowest BCUT2D eigenvalue weighted by Crippen LogP contribution is -2.55. The molecule has 2 heterocycles. The van der Waals surface area contributed by atoms with Crippen LogP contribution in [0.4, 0.5) is 0 Å². The Morgan fingerprint density at radius 3 is 2.52 bits per heavy atom. The van der Waals surface area contributed by atoms with Crippen molar-refractivity contribution in [1.82, 2.24) is 20.0 Å². The summed E-state index contributed by atoms with van der Waals surface area (Å²) in [6.07, 6.45) is 2.28. The zero-order valence-corrected chi connectivity index (χ0v) is 17.7. The molecule has 1 aromatic rings. The van der Waals surface area contributed by atoms with Gasteiger partial charge in [-0.1, -0.05) is 18.2 Å². The van der Waals surface area contributed by atoms with Crippen molar-refractivity contribution in [2.45, 2.75) is 31.4 Å². The second-order valence-electron chi connectivity index (χ2n) is 8.10. The van der Waals surface area contributed by atoms with E-state index in [0.29, 0.717) is 12.0 Å². The van der Waals surface area contributed by atoms with Crippen LogP contribution in [0.5, 0.6) is 0 Å². The summed E-state index contributed by atoms with van der Waals surface area (Å²) in [4.78, 5) is 31.4. The van der Waals surface area contributed by atoms with Gasteiger partial charge in [-0.15, -0.1) is 0 Å². The van der Waals surface area contributed by atoms with Crippen LogP contribution >= 0.6 is 0 Å². The van der Waals surface area contributed by atoms with Crippen LogP contribution in [0.15, 0.2) is 30.3 Å². The highest BCUT2D eigenvalue weighted by atomic mass is 16.5. The summed E-state index contributed by atoms with van der Waals surface area (Å²) in [6.45, 7) is 6.17. The maximum Gasteiger partial charge on any atom is 0.251 e. The number of hydrogen-bond donors (Lipinski definition) is 1. The van der Waals surface area contributed by atoms with Crippen LogP contribution in [-0.2, 0) is 9.53 Å². The number of nitrogens with one attached hydrogen (secondary N) is 1. The summed E-state index contributed by atoms with van der Waals surface area (Å²) in [5.41, 5.74) is 0.673. The van der Waals surface area contributed by atoms with Crippen LogP contribution in [0.25, 0.3) is 0 Å². The van der Waals surface area contributed by atoms with Gasteiger partial charge in [-0.05, 0) is 38.6 Å². The topological polar surface area (TPSA) is 65.1 Å². The third-order valence-corrected chi connectivity index (χ3v) is 6.02. The summed E-state index contributed by atoms with van der Waals surface area (Å²) < 4.78 is 5.67. The molecule has 2 atom stereocenters. The van der Waals surface area contributed by atoms with E-state index in [1.54, 1.807) is 7.11 Å². The minimum Gasteiger partial charge on any atom is -0.378 e. The molecule has 2 fully saturated rings. The number of likely N-dealkylation sites (N-methyl/N-ethyl adjacent to an activating group) is 1. The number of hydrogen-bond acceptors (Lipinski definition) is 5. The average molecular weight is 403 g/mol. The quantitative estimate of drug-likeness (QED) is 0.739. The maximum absolute atomic E-state index is 12.4. The normalized spacial score (nSPS) is 23.7. The molecule has 1 aromatic carbocycles. The van der Waals surface area contributed by atoms with E-state index in [-0.39, 0.29) is 24.0 Å². The molecule has 0 saturated carbocycles. The summed E-state index contributed by atoms with van der Waals surface area (Å²) in [7, 11) is 3.80. The number of nitrogens with zero attached hydrogens (tertiary/aromatic N) is 3. The van der Waals surface area contributed by atoms with Gasteiger partial charge in [0.2, 0.25) is 5.91 Å². The monoisotopic (exact) mass is 402 g/mol. The molecule has 7 nitrogen and oxygen atoms in total. The number of amides is 2. The van der Waals surface area contributed by atoms with Gasteiger partial charge in [-0.25, -0.2) is 0 Å². The predicted molar refractivity (Wildman–Crippen MR) is 113 cm³/mol. The zero-order chi connectivity index (χ0) is 20.6. The largest absolute Gasteiger partial charge is 0.378 e. The van der Waals surface area contributed by atoms with Crippen molar-refractivity contribution in [3.05, 3.63) is 35.9 Å². The van der Waals surface area contributed by atoms with E-state index in [4.69, 9.17) is 4.74 Å². The Kier molecular flexibility index (Phi) is 8.03. The maximum atomic E-state index is 12.4. The van der Waals surface area contributed by atoms with Crippen molar-refractivity contribution < 1.29 is 14.3 Å². The van der Waals surface area contributed by atoms with Crippen molar-refractivity contribution in [3.63, 3.8) is 0 Å². The molecule has 2 unspecified atom stereocenters. The third kappa shape index (κ3) is 6.26. The van der Waals surface area contributed by atoms with E-state index in [1.165, 1.54) is 0 Å². The lowest BCUT2D eigenvalue weighted by Gasteiger charge is -2.38. The number of likely N-dealkylation sites (tertiary alicyclic amines) is 1. The summed E-state index contributed by atoms with van der Waals surface area (Å²) >= 11 is 0. The van der Waals surface area contributed by atoms with Crippen LogP contribution in [0.1, 0.15) is 29.6 Å². The Morgan fingerprint density at radius 1 is 1.10 bits per heavy atom. The number of rotatable bonds is 7. The molecule has 29 heavy (non-hydrogen) atoms. The first-order valence-electron chi connectivity index (χ1n) is 10.6. The van der Waals surface area contributed by atoms with Gasteiger partial charge in [0.05, 0.1) is 12.1 Å². The molecule has 2 aliphatic rings. The third-order valence-electron chi connectivity index (χ3n) is 6.02. The first-order chi connectivity index (χ1) is 14.1. The zero-order valence-electron chi connectivity index (χ0n) is 17.7. The smallest absolute Gasteiger partial charge is 0.251 e. The molecule has 2 amide bonds. The summed E-state index contributed by atoms with van der Waals surface area (Å²) in [6, 6.07) is 9.30.